The Labute approximate surface area is 182 Å². The second-order valence-corrected chi connectivity index (χ2v) is 9.89. The van der Waals surface area contributed by atoms with Crippen LogP contribution in [0.25, 0.3) is 0 Å². The molecule has 0 fully saturated rings. The highest BCUT2D eigenvalue weighted by Gasteiger charge is 2.26. The van der Waals surface area contributed by atoms with Crippen molar-refractivity contribution >= 4 is 27.5 Å². The molecule has 30 heavy (non-hydrogen) atoms. The van der Waals surface area contributed by atoms with Crippen LogP contribution in [0, 0.1) is 5.92 Å². The second kappa shape index (κ2) is 9.24. The Morgan fingerprint density at radius 1 is 1.10 bits per heavy atom. The largest absolute Gasteiger partial charge is 0.486 e. The predicted octanol–water partition coefficient (Wildman–Crippen LogP) is 3.25. The number of carbonyl (C=O) groups is 1. The van der Waals surface area contributed by atoms with Crippen LogP contribution in [0.1, 0.15) is 25.5 Å². The summed E-state index contributed by atoms with van der Waals surface area (Å²) in [6, 6.07) is 11.1. The van der Waals surface area contributed by atoms with E-state index in [1.54, 1.807) is 0 Å². The molecule has 2 aromatic rings. The lowest BCUT2D eigenvalue weighted by Crippen LogP contribution is -2.41. The third-order valence-electron chi connectivity index (χ3n) is 4.80. The number of rotatable bonds is 7. The van der Waals surface area contributed by atoms with Gasteiger partial charge in [0.15, 0.2) is 11.5 Å². The van der Waals surface area contributed by atoms with E-state index < -0.39 is 15.9 Å². The molecule has 0 saturated carbocycles. The number of ether oxygens (including phenoxy) is 2. The van der Waals surface area contributed by atoms with E-state index in [1.807, 2.05) is 32.0 Å². The van der Waals surface area contributed by atoms with Crippen LogP contribution in [0.2, 0.25) is 5.02 Å². The predicted molar refractivity (Wildman–Crippen MR) is 114 cm³/mol. The lowest BCUT2D eigenvalue weighted by molar-refractivity contribution is -0.122. The van der Waals surface area contributed by atoms with Crippen molar-refractivity contribution in [2.24, 2.45) is 5.92 Å². The number of halogens is 1. The molecule has 1 aliphatic heterocycles. The molecule has 0 saturated heterocycles. The van der Waals surface area contributed by atoms with Crippen molar-refractivity contribution < 1.29 is 22.7 Å². The first-order valence-corrected chi connectivity index (χ1v) is 11.4. The van der Waals surface area contributed by atoms with Gasteiger partial charge in [0.05, 0.1) is 17.5 Å². The van der Waals surface area contributed by atoms with Crippen molar-refractivity contribution in [3.05, 3.63) is 53.1 Å². The summed E-state index contributed by atoms with van der Waals surface area (Å²) < 4.78 is 37.6. The maximum Gasteiger partial charge on any atom is 0.243 e. The van der Waals surface area contributed by atoms with E-state index in [1.165, 1.54) is 31.3 Å². The highest BCUT2D eigenvalue weighted by Crippen LogP contribution is 2.34. The summed E-state index contributed by atoms with van der Waals surface area (Å²) in [6.07, 6.45) is 0. The van der Waals surface area contributed by atoms with Gasteiger partial charge in [0.25, 0.3) is 0 Å². The smallest absolute Gasteiger partial charge is 0.243 e. The minimum absolute atomic E-state index is 0.0782. The Hall–Kier alpha value is -2.29. The van der Waals surface area contributed by atoms with Gasteiger partial charge in [0, 0.05) is 12.1 Å². The van der Waals surface area contributed by atoms with Crippen LogP contribution in [-0.4, -0.2) is 45.4 Å². The van der Waals surface area contributed by atoms with Crippen molar-refractivity contribution in [1.29, 1.82) is 0 Å². The maximum atomic E-state index is 12.7. The molecule has 1 N–H and O–H groups in total. The Morgan fingerprint density at radius 3 is 2.37 bits per heavy atom. The molecule has 1 amide bonds. The number of sulfonamides is 1. The number of nitrogens with zero attached hydrogens (tertiary/aromatic N) is 1. The molecule has 1 atom stereocenters. The number of hydrogen-bond donors (Lipinski definition) is 1. The standard InChI is InChI=1S/C21H25ClN2O5S/c1-14(2)21(15-4-9-18-19(12-15)29-11-10-28-18)23-20(25)13-24(3)30(26,27)17-7-5-16(22)6-8-17/h4-9,12,14,21H,10-11,13H2,1-3H3,(H,23,25). The molecule has 0 bridgehead atoms. The third-order valence-corrected chi connectivity index (χ3v) is 6.87. The first-order valence-electron chi connectivity index (χ1n) is 9.59. The van der Waals surface area contributed by atoms with Gasteiger partial charge in [-0.1, -0.05) is 31.5 Å². The van der Waals surface area contributed by atoms with Gasteiger partial charge in [0.1, 0.15) is 13.2 Å². The summed E-state index contributed by atoms with van der Waals surface area (Å²) in [6.45, 7) is 4.64. The average Bonchev–Trinajstić information content (AvgIpc) is 2.71. The van der Waals surface area contributed by atoms with Crippen molar-refractivity contribution in [2.75, 3.05) is 26.8 Å². The molecular formula is C21H25ClN2O5S. The van der Waals surface area contributed by atoms with Gasteiger partial charge in [-0.2, -0.15) is 4.31 Å². The van der Waals surface area contributed by atoms with E-state index in [0.717, 1.165) is 9.87 Å². The molecule has 0 spiro atoms. The molecule has 7 nitrogen and oxygen atoms in total. The molecule has 1 heterocycles. The highest BCUT2D eigenvalue weighted by molar-refractivity contribution is 7.89. The zero-order valence-corrected chi connectivity index (χ0v) is 18.7. The number of carbonyl (C=O) groups excluding carboxylic acids is 1. The molecule has 0 radical (unpaired) electrons. The van der Waals surface area contributed by atoms with Crippen LogP contribution in [-0.2, 0) is 14.8 Å². The quantitative estimate of drug-likeness (QED) is 0.697. The highest BCUT2D eigenvalue weighted by atomic mass is 35.5. The van der Waals surface area contributed by atoms with E-state index >= 15 is 0 Å². The van der Waals surface area contributed by atoms with Crippen LogP contribution >= 0.6 is 11.6 Å². The third kappa shape index (κ3) is 5.06. The van der Waals surface area contributed by atoms with Gasteiger partial charge < -0.3 is 14.8 Å². The first-order chi connectivity index (χ1) is 14.2. The van der Waals surface area contributed by atoms with E-state index in [0.29, 0.717) is 29.7 Å². The summed E-state index contributed by atoms with van der Waals surface area (Å²) in [5, 5.41) is 3.38. The van der Waals surface area contributed by atoms with E-state index in [-0.39, 0.29) is 23.4 Å². The number of fused-ring (bicyclic) bond motifs is 1. The summed E-state index contributed by atoms with van der Waals surface area (Å²) in [5.74, 6) is 0.993. The van der Waals surface area contributed by atoms with Gasteiger partial charge >= 0.3 is 0 Å². The maximum absolute atomic E-state index is 12.7. The number of nitrogens with one attached hydrogen (secondary N) is 1. The van der Waals surface area contributed by atoms with Gasteiger partial charge in [-0.3, -0.25) is 4.79 Å². The molecule has 162 valence electrons. The van der Waals surface area contributed by atoms with Crippen molar-refractivity contribution in [3.63, 3.8) is 0 Å². The molecule has 1 unspecified atom stereocenters. The Bertz CT molecular complexity index is 1010. The fourth-order valence-electron chi connectivity index (χ4n) is 3.18. The molecule has 0 aliphatic carbocycles. The van der Waals surface area contributed by atoms with Crippen LogP contribution in [0.5, 0.6) is 11.5 Å². The summed E-state index contributed by atoms with van der Waals surface area (Å²) in [4.78, 5) is 12.7. The SMILES string of the molecule is CC(C)C(NC(=O)CN(C)S(=O)(=O)c1ccc(Cl)cc1)c1ccc2c(c1)OCCO2. The Morgan fingerprint density at radius 2 is 1.73 bits per heavy atom. The Kier molecular flexibility index (Phi) is 6.90. The summed E-state index contributed by atoms with van der Waals surface area (Å²) in [5.41, 5.74) is 0.866. The van der Waals surface area contributed by atoms with Crippen LogP contribution < -0.4 is 14.8 Å². The first kappa shape index (κ1) is 22.4. The summed E-state index contributed by atoms with van der Waals surface area (Å²) >= 11 is 5.83. The zero-order chi connectivity index (χ0) is 21.9. The Balaban J connectivity index is 1.72. The molecule has 3 rings (SSSR count). The van der Waals surface area contributed by atoms with Crippen LogP contribution in [0.4, 0.5) is 0 Å². The molecule has 1 aliphatic rings. The minimum atomic E-state index is -3.81. The normalized spacial score (nSPS) is 14.6. The molecular weight excluding hydrogens is 428 g/mol. The van der Waals surface area contributed by atoms with Crippen molar-refractivity contribution in [1.82, 2.24) is 9.62 Å². The lowest BCUT2D eigenvalue weighted by atomic mass is 9.95. The minimum Gasteiger partial charge on any atom is -0.486 e. The number of hydrogen-bond acceptors (Lipinski definition) is 5. The zero-order valence-electron chi connectivity index (χ0n) is 17.1. The van der Waals surface area contributed by atoms with Gasteiger partial charge in [-0.05, 0) is 47.9 Å². The number of benzene rings is 2. The molecule has 2 aromatic carbocycles. The topological polar surface area (TPSA) is 84.9 Å². The van der Waals surface area contributed by atoms with E-state index in [9.17, 15) is 13.2 Å². The molecule has 9 heteroatoms. The van der Waals surface area contributed by atoms with E-state index in [2.05, 4.69) is 5.32 Å². The van der Waals surface area contributed by atoms with E-state index in [4.69, 9.17) is 21.1 Å². The van der Waals surface area contributed by atoms with Gasteiger partial charge in [0.2, 0.25) is 15.9 Å². The fraction of sp³-hybridized carbons (Fsp3) is 0.381. The number of amides is 1. The van der Waals surface area contributed by atoms with Gasteiger partial charge in [-0.15, -0.1) is 0 Å². The van der Waals surface area contributed by atoms with Crippen molar-refractivity contribution in [2.45, 2.75) is 24.8 Å². The van der Waals surface area contributed by atoms with Gasteiger partial charge in [-0.25, -0.2) is 8.42 Å². The summed E-state index contributed by atoms with van der Waals surface area (Å²) in [7, 11) is -2.43. The van der Waals surface area contributed by atoms with Crippen LogP contribution in [0.15, 0.2) is 47.4 Å². The van der Waals surface area contributed by atoms with Crippen LogP contribution in [0.3, 0.4) is 0 Å². The monoisotopic (exact) mass is 452 g/mol. The number of likely N-dealkylation sites (N-methyl/N-ethyl adjacent to an activating group) is 1. The molecule has 0 aromatic heterocycles. The second-order valence-electron chi connectivity index (χ2n) is 7.41. The van der Waals surface area contributed by atoms with Crippen molar-refractivity contribution in [3.8, 4) is 11.5 Å². The fourth-order valence-corrected chi connectivity index (χ4v) is 4.43. The lowest BCUT2D eigenvalue weighted by Gasteiger charge is -2.26. The average molecular weight is 453 g/mol.